The molecule has 0 bridgehead atoms. The number of nitrogens with zero attached hydrogens (tertiary/aromatic N) is 2. The van der Waals surface area contributed by atoms with E-state index in [2.05, 4.69) is 214 Å². The van der Waals surface area contributed by atoms with Crippen molar-refractivity contribution in [2.75, 3.05) is 9.80 Å². The minimum absolute atomic E-state index is 0.257. The van der Waals surface area contributed by atoms with E-state index < -0.39 is 0 Å². The van der Waals surface area contributed by atoms with Gasteiger partial charge in [-0.15, -0.1) is 0 Å². The molecule has 9 rings (SSSR count). The third-order valence-electron chi connectivity index (χ3n) is 14.9. The zero-order valence-corrected chi connectivity index (χ0v) is 39.8. The van der Waals surface area contributed by atoms with Gasteiger partial charge in [-0.05, 0) is 228 Å². The molecule has 0 N–H and O–H groups in total. The molecular formula is C61H64N2. The first kappa shape index (κ1) is 42.2. The van der Waals surface area contributed by atoms with Crippen LogP contribution >= 0.6 is 0 Å². The molecule has 0 saturated carbocycles. The van der Waals surface area contributed by atoms with Crippen molar-refractivity contribution in [1.29, 1.82) is 0 Å². The molecule has 2 nitrogen and oxygen atoms in total. The fraction of sp³-hybridized carbons (Fsp3) is 0.279. The molecule has 0 spiro atoms. The van der Waals surface area contributed by atoms with Crippen LogP contribution in [0.25, 0.3) is 32.7 Å². The molecule has 0 aromatic heterocycles. The molecule has 1 aliphatic rings. The SMILES string of the molecule is CCc1ccc(N(c2cc(C)c(C)c(C)c2)c2ccc3c4c(ccc3c2)-c2c(cc(N(c3cc(C)c(C)c(C)c3)c3ccc(CC)c(CC)c3)c3ccccc23)C4(C)C)cc1CC. The molecule has 0 atom stereocenters. The highest BCUT2D eigenvalue weighted by Gasteiger charge is 2.39. The summed E-state index contributed by atoms with van der Waals surface area (Å²) >= 11 is 0. The van der Waals surface area contributed by atoms with E-state index in [1.807, 2.05) is 0 Å². The largest absolute Gasteiger partial charge is 0.310 e. The van der Waals surface area contributed by atoms with Gasteiger partial charge in [0.2, 0.25) is 0 Å². The Hall–Kier alpha value is -6.12. The van der Waals surface area contributed by atoms with Crippen LogP contribution in [0.3, 0.4) is 0 Å². The lowest BCUT2D eigenvalue weighted by molar-refractivity contribution is 0.667. The van der Waals surface area contributed by atoms with Crippen molar-refractivity contribution in [2.24, 2.45) is 0 Å². The summed E-state index contributed by atoms with van der Waals surface area (Å²) in [6.07, 6.45) is 4.09. The standard InChI is InChI=1S/C61H64N2/c1-13-43-21-24-48(33-45(43)15-3)62(51-29-37(5)41(9)38(6)30-51)49-26-28-53-47(35-49)23-27-56-59-55-20-18-17-19-54(55)58(36-57(59)61(11,12)60(53)56)63(52-31-39(7)42(10)40(8)32-52)50-25-22-44(14-2)46(16-4)34-50/h17-36H,13-16H2,1-12H3. The van der Waals surface area contributed by atoms with E-state index in [0.29, 0.717) is 0 Å². The van der Waals surface area contributed by atoms with Gasteiger partial charge < -0.3 is 9.80 Å². The molecule has 318 valence electrons. The molecular weight excluding hydrogens is 761 g/mol. The van der Waals surface area contributed by atoms with Crippen molar-refractivity contribution in [2.45, 2.75) is 114 Å². The van der Waals surface area contributed by atoms with Crippen LogP contribution in [0.4, 0.5) is 34.1 Å². The quantitative estimate of drug-likeness (QED) is 0.136. The Morgan fingerprint density at radius 2 is 0.889 bits per heavy atom. The number of benzene rings is 8. The van der Waals surface area contributed by atoms with Crippen molar-refractivity contribution >= 4 is 55.7 Å². The predicted molar refractivity (Wildman–Crippen MR) is 274 cm³/mol. The summed E-state index contributed by atoms with van der Waals surface area (Å²) in [6.45, 7) is 27.5. The highest BCUT2D eigenvalue weighted by atomic mass is 15.1. The Labute approximate surface area is 377 Å². The summed E-state index contributed by atoms with van der Waals surface area (Å²) in [5.41, 5.74) is 26.1. The van der Waals surface area contributed by atoms with Crippen molar-refractivity contribution in [3.63, 3.8) is 0 Å². The van der Waals surface area contributed by atoms with E-state index in [4.69, 9.17) is 0 Å². The average Bonchev–Trinajstić information content (AvgIpc) is 3.52. The average molecular weight is 825 g/mol. The summed E-state index contributed by atoms with van der Waals surface area (Å²) < 4.78 is 0. The van der Waals surface area contributed by atoms with Crippen LogP contribution in [0.5, 0.6) is 0 Å². The molecule has 0 heterocycles. The molecule has 0 radical (unpaired) electrons. The first-order chi connectivity index (χ1) is 30.3. The Morgan fingerprint density at radius 1 is 0.413 bits per heavy atom. The number of rotatable bonds is 10. The van der Waals surface area contributed by atoms with Gasteiger partial charge in [-0.25, -0.2) is 0 Å². The van der Waals surface area contributed by atoms with Gasteiger partial charge in [-0.3, -0.25) is 0 Å². The van der Waals surface area contributed by atoms with E-state index in [0.717, 1.165) is 25.7 Å². The Morgan fingerprint density at radius 3 is 1.43 bits per heavy atom. The molecule has 8 aromatic carbocycles. The van der Waals surface area contributed by atoms with Gasteiger partial charge in [0, 0.05) is 39.2 Å². The highest BCUT2D eigenvalue weighted by molar-refractivity contribution is 6.12. The summed E-state index contributed by atoms with van der Waals surface area (Å²) in [5.74, 6) is 0. The van der Waals surface area contributed by atoms with Crippen molar-refractivity contribution in [3.8, 4) is 11.1 Å². The maximum atomic E-state index is 2.55. The number of aryl methyl sites for hydroxylation is 8. The van der Waals surface area contributed by atoms with Crippen LogP contribution < -0.4 is 9.80 Å². The van der Waals surface area contributed by atoms with E-state index in [1.54, 1.807) is 0 Å². The van der Waals surface area contributed by atoms with Gasteiger partial charge in [0.05, 0.1) is 5.69 Å². The van der Waals surface area contributed by atoms with E-state index in [1.165, 1.54) is 134 Å². The molecule has 8 aromatic rings. The van der Waals surface area contributed by atoms with E-state index >= 15 is 0 Å². The monoisotopic (exact) mass is 825 g/mol. The number of hydrogen-bond donors (Lipinski definition) is 0. The summed E-state index contributed by atoms with van der Waals surface area (Å²) in [4.78, 5) is 5.02. The molecule has 2 heteroatoms. The first-order valence-electron chi connectivity index (χ1n) is 23.4. The lowest BCUT2D eigenvalue weighted by Gasteiger charge is -2.31. The Kier molecular flexibility index (Phi) is 10.9. The molecule has 63 heavy (non-hydrogen) atoms. The number of fused-ring (bicyclic) bond motifs is 7. The fourth-order valence-corrected chi connectivity index (χ4v) is 10.8. The Balaban J connectivity index is 1.25. The molecule has 0 amide bonds. The zero-order valence-electron chi connectivity index (χ0n) is 39.8. The van der Waals surface area contributed by atoms with Crippen LogP contribution in [0.1, 0.15) is 108 Å². The summed E-state index contributed by atoms with van der Waals surface area (Å²) in [6, 6.07) is 47.4. The van der Waals surface area contributed by atoms with Crippen LogP contribution in [-0.4, -0.2) is 0 Å². The first-order valence-corrected chi connectivity index (χ1v) is 23.4. The van der Waals surface area contributed by atoms with Crippen LogP contribution in [-0.2, 0) is 31.1 Å². The third-order valence-corrected chi connectivity index (χ3v) is 14.9. The summed E-state index contributed by atoms with van der Waals surface area (Å²) in [7, 11) is 0. The molecule has 0 saturated heterocycles. The minimum Gasteiger partial charge on any atom is -0.310 e. The molecule has 0 unspecified atom stereocenters. The van der Waals surface area contributed by atoms with Crippen LogP contribution in [0, 0.1) is 41.5 Å². The smallest absolute Gasteiger partial charge is 0.0543 e. The summed E-state index contributed by atoms with van der Waals surface area (Å²) in [5, 5.41) is 5.15. The van der Waals surface area contributed by atoms with Gasteiger partial charge >= 0.3 is 0 Å². The van der Waals surface area contributed by atoms with Gasteiger partial charge in [0.1, 0.15) is 0 Å². The van der Waals surface area contributed by atoms with E-state index in [9.17, 15) is 0 Å². The van der Waals surface area contributed by atoms with Gasteiger partial charge in [0.25, 0.3) is 0 Å². The molecule has 0 aliphatic heterocycles. The minimum atomic E-state index is -0.257. The van der Waals surface area contributed by atoms with Crippen molar-refractivity contribution in [1.82, 2.24) is 0 Å². The second-order valence-electron chi connectivity index (χ2n) is 18.8. The van der Waals surface area contributed by atoms with Crippen LogP contribution in [0.2, 0.25) is 0 Å². The Bertz CT molecular complexity index is 3060. The maximum Gasteiger partial charge on any atom is 0.0543 e. The topological polar surface area (TPSA) is 6.48 Å². The maximum absolute atomic E-state index is 2.55. The third kappa shape index (κ3) is 6.94. The number of hydrogen-bond acceptors (Lipinski definition) is 2. The second kappa shape index (κ2) is 16.2. The molecule has 0 fully saturated rings. The van der Waals surface area contributed by atoms with Crippen molar-refractivity contribution < 1.29 is 0 Å². The van der Waals surface area contributed by atoms with Gasteiger partial charge in [-0.1, -0.05) is 96.1 Å². The number of anilines is 6. The van der Waals surface area contributed by atoms with Gasteiger partial charge in [0.15, 0.2) is 0 Å². The molecule has 1 aliphatic carbocycles. The lowest BCUT2D eigenvalue weighted by Crippen LogP contribution is -2.18. The highest BCUT2D eigenvalue weighted by Crippen LogP contribution is 2.57. The lowest BCUT2D eigenvalue weighted by atomic mass is 9.79. The van der Waals surface area contributed by atoms with Crippen molar-refractivity contribution in [3.05, 3.63) is 188 Å². The second-order valence-corrected chi connectivity index (χ2v) is 18.8. The zero-order chi connectivity index (χ0) is 44.5. The normalized spacial score (nSPS) is 12.8. The van der Waals surface area contributed by atoms with E-state index in [-0.39, 0.29) is 5.41 Å². The fourth-order valence-electron chi connectivity index (χ4n) is 10.8. The van der Waals surface area contributed by atoms with Crippen LogP contribution in [0.15, 0.2) is 121 Å². The van der Waals surface area contributed by atoms with Gasteiger partial charge in [-0.2, -0.15) is 0 Å². The predicted octanol–water partition coefficient (Wildman–Crippen LogP) is 17.3.